The van der Waals surface area contributed by atoms with Gasteiger partial charge in [-0.1, -0.05) is 0 Å². The first-order valence-corrected chi connectivity index (χ1v) is 2.07. The lowest BCUT2D eigenvalue weighted by Gasteiger charge is -1.68. The van der Waals surface area contributed by atoms with Gasteiger partial charge in [-0.2, -0.15) is 0 Å². The van der Waals surface area contributed by atoms with Crippen LogP contribution < -0.4 is 0 Å². The molecule has 0 atom stereocenters. The van der Waals surface area contributed by atoms with E-state index in [-0.39, 0.29) is 34.0 Å². The third-order valence-corrected chi connectivity index (χ3v) is 0. The fraction of sp³-hybridized carbons (Fsp3) is 0. The Labute approximate surface area is 59.6 Å². The smallest absolute Gasteiger partial charge is 0.215 e. The zero-order valence-electron chi connectivity index (χ0n) is 2.81. The summed E-state index contributed by atoms with van der Waals surface area (Å²) < 4.78 is 37.9. The SMILES string of the molecule is Br.Br.O=P(F)(F)F. The van der Waals surface area contributed by atoms with Crippen LogP contribution in [-0.4, -0.2) is 0 Å². The van der Waals surface area contributed by atoms with Crippen LogP contribution in [0.15, 0.2) is 0 Å². The molecule has 0 amide bonds. The van der Waals surface area contributed by atoms with Crippen molar-refractivity contribution in [1.82, 2.24) is 0 Å². The molecule has 0 N–H and O–H groups in total. The number of hydrogen-bond donors (Lipinski definition) is 0. The highest BCUT2D eigenvalue weighted by atomic mass is 79.9. The van der Waals surface area contributed by atoms with Gasteiger partial charge in [-0.15, -0.1) is 46.6 Å². The summed E-state index contributed by atoms with van der Waals surface area (Å²) in [6.07, 6.45) is 0. The van der Waals surface area contributed by atoms with Crippen LogP contribution in [0.25, 0.3) is 0 Å². The van der Waals surface area contributed by atoms with Crippen molar-refractivity contribution in [3.8, 4) is 0 Å². The molecule has 0 saturated heterocycles. The normalized spacial score (nSPS) is 8.43. The Balaban J connectivity index is -0.0000000800. The summed E-state index contributed by atoms with van der Waals surface area (Å²) in [7, 11) is -6.14. The van der Waals surface area contributed by atoms with Crippen LogP contribution in [0.5, 0.6) is 0 Å². The van der Waals surface area contributed by atoms with Crippen molar-refractivity contribution in [1.29, 1.82) is 0 Å². The Morgan fingerprint density at radius 3 is 1.00 bits per heavy atom. The van der Waals surface area contributed by atoms with Crippen LogP contribution in [0.1, 0.15) is 0 Å². The first-order valence-electron chi connectivity index (χ1n) is 0.690. The maximum atomic E-state index is 9.91. The molecule has 0 aromatic heterocycles. The van der Waals surface area contributed by atoms with E-state index in [1.54, 1.807) is 0 Å². The van der Waals surface area contributed by atoms with Crippen LogP contribution in [0.2, 0.25) is 0 Å². The fourth-order valence-corrected chi connectivity index (χ4v) is 0. The van der Waals surface area contributed by atoms with Crippen molar-refractivity contribution in [3.63, 3.8) is 0 Å². The van der Waals surface area contributed by atoms with Gasteiger partial charge in [0.05, 0.1) is 0 Å². The summed E-state index contributed by atoms with van der Waals surface area (Å²) in [5.41, 5.74) is 0. The fourth-order valence-electron chi connectivity index (χ4n) is 0. The minimum Gasteiger partial charge on any atom is -0.215 e. The lowest BCUT2D eigenvalue weighted by molar-refractivity contribution is 0.440. The van der Waals surface area contributed by atoms with Gasteiger partial charge >= 0.3 is 8.07 Å². The number of halogens is 5. The average molecular weight is 266 g/mol. The first kappa shape index (κ1) is 15.7. The van der Waals surface area contributed by atoms with Crippen LogP contribution in [-0.2, 0) is 4.57 Å². The van der Waals surface area contributed by atoms with Gasteiger partial charge in [-0.3, -0.25) is 0 Å². The summed E-state index contributed by atoms with van der Waals surface area (Å²) >= 11 is 0. The van der Waals surface area contributed by atoms with E-state index in [4.69, 9.17) is 4.57 Å². The summed E-state index contributed by atoms with van der Waals surface area (Å²) in [5.74, 6) is 0. The Bertz CT molecular complexity index is 59.1. The molecule has 7 heteroatoms. The van der Waals surface area contributed by atoms with Gasteiger partial charge in [0, 0.05) is 0 Å². The molecule has 0 aliphatic heterocycles. The van der Waals surface area contributed by atoms with Crippen molar-refractivity contribution in [2.75, 3.05) is 0 Å². The molecule has 0 bridgehead atoms. The van der Waals surface area contributed by atoms with Crippen molar-refractivity contribution < 1.29 is 17.2 Å². The summed E-state index contributed by atoms with van der Waals surface area (Å²) in [5, 5.41) is 0. The molecule has 0 radical (unpaired) electrons. The second-order valence-corrected chi connectivity index (χ2v) is 1.20. The standard InChI is InChI=1S/2BrH.F3OP/c;;1-5(2,3)4/h2*1H;. The van der Waals surface area contributed by atoms with E-state index in [9.17, 15) is 12.6 Å². The zero-order valence-corrected chi connectivity index (χ0v) is 7.13. The lowest BCUT2D eigenvalue weighted by atomic mass is 16.0. The third kappa shape index (κ3) is 180. The molecule has 0 rings (SSSR count). The van der Waals surface area contributed by atoms with E-state index < -0.39 is 8.07 Å². The Morgan fingerprint density at radius 2 is 1.00 bits per heavy atom. The highest BCUT2D eigenvalue weighted by Crippen LogP contribution is 2.50. The van der Waals surface area contributed by atoms with E-state index in [2.05, 4.69) is 0 Å². The van der Waals surface area contributed by atoms with E-state index in [1.807, 2.05) is 0 Å². The molecule has 0 spiro atoms. The lowest BCUT2D eigenvalue weighted by Crippen LogP contribution is -1.30. The van der Waals surface area contributed by atoms with Gasteiger partial charge in [0.15, 0.2) is 0 Å². The molecular formula is H2Br2F3OP. The van der Waals surface area contributed by atoms with Gasteiger partial charge in [0.25, 0.3) is 0 Å². The molecule has 7 heavy (non-hydrogen) atoms. The monoisotopic (exact) mass is 264 g/mol. The second kappa shape index (κ2) is 5.12. The molecule has 1 nitrogen and oxygen atoms in total. The van der Waals surface area contributed by atoms with E-state index >= 15 is 0 Å². The molecule has 48 valence electrons. The quantitative estimate of drug-likeness (QED) is 0.615. The topological polar surface area (TPSA) is 17.1 Å². The Hall–Kier alpha value is 0.980. The molecule has 0 saturated carbocycles. The van der Waals surface area contributed by atoms with Crippen molar-refractivity contribution in [2.24, 2.45) is 0 Å². The summed E-state index contributed by atoms with van der Waals surface area (Å²) in [6, 6.07) is 0. The van der Waals surface area contributed by atoms with Gasteiger partial charge in [-0.25, -0.2) is 4.57 Å². The Morgan fingerprint density at radius 1 is 1.00 bits per heavy atom. The third-order valence-electron chi connectivity index (χ3n) is 0. The van der Waals surface area contributed by atoms with Crippen LogP contribution in [0.4, 0.5) is 12.6 Å². The number of rotatable bonds is 0. The maximum absolute atomic E-state index is 9.91. The molecule has 0 aliphatic rings. The van der Waals surface area contributed by atoms with Crippen LogP contribution in [0, 0.1) is 0 Å². The minimum atomic E-state index is -6.14. The molecule has 0 unspecified atom stereocenters. The van der Waals surface area contributed by atoms with E-state index in [1.165, 1.54) is 0 Å². The van der Waals surface area contributed by atoms with Crippen LogP contribution in [0.3, 0.4) is 0 Å². The second-order valence-electron chi connectivity index (χ2n) is 0.399. The summed E-state index contributed by atoms with van der Waals surface area (Å²) in [4.78, 5) is 0. The highest BCUT2D eigenvalue weighted by molar-refractivity contribution is 8.93. The van der Waals surface area contributed by atoms with Crippen molar-refractivity contribution >= 4 is 42.0 Å². The zero-order chi connectivity index (χ0) is 4.50. The molecule has 0 heterocycles. The molecule has 0 aromatic rings. The molecule has 0 aromatic carbocycles. The summed E-state index contributed by atoms with van der Waals surface area (Å²) in [6.45, 7) is 0. The van der Waals surface area contributed by atoms with E-state index in [0.717, 1.165) is 0 Å². The maximum Gasteiger partial charge on any atom is 0.591 e. The molecular weight excluding hydrogens is 264 g/mol. The first-order chi connectivity index (χ1) is 2.00. The van der Waals surface area contributed by atoms with E-state index in [0.29, 0.717) is 0 Å². The molecule has 0 fully saturated rings. The van der Waals surface area contributed by atoms with Gasteiger partial charge in [-0.05, 0) is 0 Å². The predicted octanol–water partition coefficient (Wildman–Crippen LogP) is 3.16. The number of hydrogen-bond acceptors (Lipinski definition) is 1. The average Bonchev–Trinajstić information content (AvgIpc) is 0.722. The van der Waals surface area contributed by atoms with Gasteiger partial charge < -0.3 is 0 Å². The van der Waals surface area contributed by atoms with Gasteiger partial charge in [0.2, 0.25) is 0 Å². The van der Waals surface area contributed by atoms with Gasteiger partial charge in [0.1, 0.15) is 0 Å². The largest absolute Gasteiger partial charge is 0.591 e. The molecule has 0 aliphatic carbocycles. The minimum absolute atomic E-state index is 0. The van der Waals surface area contributed by atoms with Crippen molar-refractivity contribution in [2.45, 2.75) is 0 Å². The van der Waals surface area contributed by atoms with Crippen LogP contribution >= 0.6 is 42.0 Å². The van der Waals surface area contributed by atoms with Crippen molar-refractivity contribution in [3.05, 3.63) is 0 Å². The predicted molar refractivity (Wildman–Crippen MR) is 31.6 cm³/mol. The highest BCUT2D eigenvalue weighted by Gasteiger charge is 2.13. The Kier molecular flexibility index (Phi) is 11.5.